The molecule has 150 valence electrons. The highest BCUT2D eigenvalue weighted by atomic mass is 19.1. The van der Waals surface area contributed by atoms with Gasteiger partial charge in [0.05, 0.1) is 24.0 Å². The van der Waals surface area contributed by atoms with Gasteiger partial charge in [-0.15, -0.1) is 5.10 Å². The average Bonchev–Trinajstić information content (AvgIpc) is 3.45. The van der Waals surface area contributed by atoms with Crippen molar-refractivity contribution in [3.8, 4) is 11.8 Å². The van der Waals surface area contributed by atoms with Crippen LogP contribution in [0.3, 0.4) is 0 Å². The molecule has 2 aromatic rings. The van der Waals surface area contributed by atoms with Gasteiger partial charge in [0.2, 0.25) is 5.91 Å². The van der Waals surface area contributed by atoms with Gasteiger partial charge in [-0.25, -0.2) is 9.07 Å². The smallest absolute Gasteiger partial charge is 0.238 e. The van der Waals surface area contributed by atoms with Gasteiger partial charge in [-0.05, 0) is 42.9 Å². The average molecular weight is 396 g/mol. The zero-order valence-corrected chi connectivity index (χ0v) is 15.9. The molecule has 2 fully saturated rings. The third-order valence-electron chi connectivity index (χ3n) is 5.69. The number of carbonyl (C=O) groups is 2. The topological polar surface area (TPSA) is 113 Å². The molecule has 1 aliphatic carbocycles. The largest absolute Gasteiger partial charge is 0.339 e. The summed E-state index contributed by atoms with van der Waals surface area (Å²) in [4.78, 5) is 23.8. The SMILES string of the molecule is CC(=O)c1cn(-c2ccc(C[C@@H](C#N)NC(=O)[C@H]3N[C@@H]4CC[C@H]3C4)c(F)c2)nn1. The van der Waals surface area contributed by atoms with E-state index >= 15 is 0 Å². The molecule has 0 radical (unpaired) electrons. The number of hydrogen-bond donors (Lipinski definition) is 2. The number of aromatic nitrogens is 3. The van der Waals surface area contributed by atoms with Gasteiger partial charge in [-0.1, -0.05) is 11.3 Å². The summed E-state index contributed by atoms with van der Waals surface area (Å²) in [6.07, 6.45) is 4.60. The number of carbonyl (C=O) groups excluding carboxylic acids is 2. The van der Waals surface area contributed by atoms with Gasteiger partial charge in [0.1, 0.15) is 17.6 Å². The van der Waals surface area contributed by atoms with Crippen LogP contribution < -0.4 is 10.6 Å². The second-order valence-corrected chi connectivity index (χ2v) is 7.69. The minimum absolute atomic E-state index is 0.0607. The van der Waals surface area contributed by atoms with Crippen molar-refractivity contribution in [2.75, 3.05) is 0 Å². The van der Waals surface area contributed by atoms with Crippen LogP contribution in [0, 0.1) is 23.1 Å². The van der Waals surface area contributed by atoms with E-state index in [4.69, 9.17) is 0 Å². The van der Waals surface area contributed by atoms with Gasteiger partial charge in [-0.2, -0.15) is 5.26 Å². The highest BCUT2D eigenvalue weighted by Crippen LogP contribution is 2.35. The van der Waals surface area contributed by atoms with E-state index < -0.39 is 11.9 Å². The predicted molar refractivity (Wildman–Crippen MR) is 101 cm³/mol. The van der Waals surface area contributed by atoms with Crippen molar-refractivity contribution in [1.29, 1.82) is 5.26 Å². The van der Waals surface area contributed by atoms with Crippen molar-refractivity contribution in [3.05, 3.63) is 41.5 Å². The van der Waals surface area contributed by atoms with Crippen LogP contribution in [0.4, 0.5) is 4.39 Å². The molecule has 1 aromatic carbocycles. The number of amides is 1. The Labute approximate surface area is 167 Å². The number of fused-ring (bicyclic) bond motifs is 2. The van der Waals surface area contributed by atoms with Gasteiger partial charge < -0.3 is 10.6 Å². The minimum Gasteiger partial charge on any atom is -0.339 e. The Balaban J connectivity index is 1.43. The Morgan fingerprint density at radius 3 is 2.86 bits per heavy atom. The van der Waals surface area contributed by atoms with E-state index in [1.54, 1.807) is 12.1 Å². The van der Waals surface area contributed by atoms with Gasteiger partial charge >= 0.3 is 0 Å². The number of benzene rings is 1. The lowest BCUT2D eigenvalue weighted by Gasteiger charge is -2.23. The molecule has 1 amide bonds. The lowest BCUT2D eigenvalue weighted by Crippen LogP contribution is -2.50. The second kappa shape index (κ2) is 7.72. The van der Waals surface area contributed by atoms with E-state index in [1.165, 1.54) is 23.9 Å². The van der Waals surface area contributed by atoms with E-state index in [-0.39, 0.29) is 29.8 Å². The maximum absolute atomic E-state index is 14.6. The van der Waals surface area contributed by atoms with Crippen LogP contribution in [-0.2, 0) is 11.2 Å². The maximum atomic E-state index is 14.6. The summed E-state index contributed by atoms with van der Waals surface area (Å²) in [6.45, 7) is 1.38. The summed E-state index contributed by atoms with van der Waals surface area (Å²) in [7, 11) is 0. The first-order valence-corrected chi connectivity index (χ1v) is 9.62. The molecule has 0 spiro atoms. The maximum Gasteiger partial charge on any atom is 0.238 e. The molecule has 4 rings (SSSR count). The van der Waals surface area contributed by atoms with E-state index in [1.807, 2.05) is 6.07 Å². The zero-order valence-electron chi connectivity index (χ0n) is 15.9. The Kier molecular flexibility index (Phi) is 5.11. The monoisotopic (exact) mass is 396 g/mol. The summed E-state index contributed by atoms with van der Waals surface area (Å²) >= 11 is 0. The molecule has 8 nitrogen and oxygen atoms in total. The summed E-state index contributed by atoms with van der Waals surface area (Å²) in [6, 6.07) is 5.80. The number of ketones is 1. The molecule has 0 unspecified atom stereocenters. The normalized spacial score (nSPS) is 23.6. The van der Waals surface area contributed by atoms with E-state index in [0.717, 1.165) is 19.3 Å². The Morgan fingerprint density at radius 2 is 2.28 bits per heavy atom. The number of piperidine rings is 1. The van der Waals surface area contributed by atoms with Gasteiger partial charge in [0.25, 0.3) is 0 Å². The molecule has 4 atom stereocenters. The zero-order chi connectivity index (χ0) is 20.5. The molecule has 29 heavy (non-hydrogen) atoms. The fraction of sp³-hybridized carbons (Fsp3) is 0.450. The molecule has 1 saturated heterocycles. The van der Waals surface area contributed by atoms with Crippen LogP contribution in [0.5, 0.6) is 0 Å². The highest BCUT2D eigenvalue weighted by Gasteiger charge is 2.43. The van der Waals surface area contributed by atoms with E-state index in [0.29, 0.717) is 23.2 Å². The van der Waals surface area contributed by atoms with Crippen molar-refractivity contribution in [2.24, 2.45) is 5.92 Å². The number of nitriles is 1. The Bertz CT molecular complexity index is 997. The van der Waals surface area contributed by atoms with Crippen molar-refractivity contribution >= 4 is 11.7 Å². The summed E-state index contributed by atoms with van der Waals surface area (Å²) < 4.78 is 15.9. The first kappa shape index (κ1) is 19.2. The lowest BCUT2D eigenvalue weighted by atomic mass is 9.98. The van der Waals surface area contributed by atoms with E-state index in [2.05, 4.69) is 20.9 Å². The summed E-state index contributed by atoms with van der Waals surface area (Å²) in [5.41, 5.74) is 0.916. The molecule has 2 heterocycles. The molecule has 1 saturated carbocycles. The molecule has 2 bridgehead atoms. The predicted octanol–water partition coefficient (Wildman–Crippen LogP) is 1.30. The molecule has 2 aliphatic rings. The van der Waals surface area contributed by atoms with Gasteiger partial charge in [-0.3, -0.25) is 9.59 Å². The summed E-state index contributed by atoms with van der Waals surface area (Å²) in [5, 5.41) is 23.0. The first-order valence-electron chi connectivity index (χ1n) is 9.62. The number of nitrogens with zero attached hydrogens (tertiary/aromatic N) is 4. The molecular formula is C20H21FN6O2. The van der Waals surface area contributed by atoms with Crippen molar-refractivity contribution < 1.29 is 14.0 Å². The molecule has 1 aromatic heterocycles. The minimum atomic E-state index is -0.820. The van der Waals surface area contributed by atoms with Crippen LogP contribution in [0.2, 0.25) is 0 Å². The van der Waals surface area contributed by atoms with Crippen LogP contribution in [-0.4, -0.2) is 44.8 Å². The number of hydrogen-bond acceptors (Lipinski definition) is 6. The van der Waals surface area contributed by atoms with Crippen LogP contribution in [0.15, 0.2) is 24.4 Å². The second-order valence-electron chi connectivity index (χ2n) is 7.69. The van der Waals surface area contributed by atoms with Crippen molar-refractivity contribution in [3.63, 3.8) is 0 Å². The van der Waals surface area contributed by atoms with Crippen molar-refractivity contribution in [1.82, 2.24) is 25.6 Å². The van der Waals surface area contributed by atoms with Gasteiger partial charge in [0, 0.05) is 19.4 Å². The van der Waals surface area contributed by atoms with Crippen LogP contribution >= 0.6 is 0 Å². The Hall–Kier alpha value is -3.12. The van der Waals surface area contributed by atoms with Crippen LogP contribution in [0.1, 0.15) is 42.2 Å². The third-order valence-corrected chi connectivity index (χ3v) is 5.69. The highest BCUT2D eigenvalue weighted by molar-refractivity contribution is 5.91. The molecule has 9 heteroatoms. The molecule has 2 N–H and O–H groups in total. The standard InChI is InChI=1S/C20H21FN6O2/c1-11(28)18-10-27(26-25-18)16-5-3-12(17(21)8-16)6-15(9-22)24-20(29)19-13-2-4-14(7-13)23-19/h3,5,8,10,13-15,19,23H,2,4,6-7H2,1H3,(H,24,29)/t13-,14+,15-,19-/m0/s1. The van der Waals surface area contributed by atoms with Crippen LogP contribution in [0.25, 0.3) is 5.69 Å². The lowest BCUT2D eigenvalue weighted by molar-refractivity contribution is -0.124. The number of halogens is 1. The quantitative estimate of drug-likeness (QED) is 0.712. The fourth-order valence-corrected chi connectivity index (χ4v) is 4.16. The number of nitrogens with one attached hydrogen (secondary N) is 2. The fourth-order valence-electron chi connectivity index (χ4n) is 4.16. The number of Topliss-reactive ketones (excluding diaryl/α,β-unsaturated/α-hetero) is 1. The number of rotatable bonds is 6. The third kappa shape index (κ3) is 3.89. The molecule has 1 aliphatic heterocycles. The Morgan fingerprint density at radius 1 is 1.45 bits per heavy atom. The van der Waals surface area contributed by atoms with Crippen molar-refractivity contribution in [2.45, 2.75) is 50.7 Å². The summed E-state index contributed by atoms with van der Waals surface area (Å²) in [5.74, 6) is -0.626. The van der Waals surface area contributed by atoms with Gasteiger partial charge in [0.15, 0.2) is 5.78 Å². The molecular weight excluding hydrogens is 375 g/mol. The van der Waals surface area contributed by atoms with E-state index in [9.17, 15) is 19.2 Å². The first-order chi connectivity index (χ1) is 13.9.